The van der Waals surface area contributed by atoms with Gasteiger partial charge in [0.05, 0.1) is 5.60 Å². The monoisotopic (exact) mass is 340 g/mol. The lowest BCUT2D eigenvalue weighted by Gasteiger charge is -2.55. The van der Waals surface area contributed by atoms with E-state index in [1.54, 1.807) is 0 Å². The standard InChI is InChI=1S/C19H36O3Si/c1-14-8-7-12-18(3)16(14)11-13-19(18,22-23(4,5)6)15(2)9-10-17(20)21/h14-16H,7-13H2,1-6H3,(H,20,21)/t14?,15-,16?,18-,19-/m1/s1. The van der Waals surface area contributed by atoms with Crippen molar-refractivity contribution in [1.29, 1.82) is 0 Å². The minimum absolute atomic E-state index is 0.119. The van der Waals surface area contributed by atoms with Crippen molar-refractivity contribution in [2.75, 3.05) is 0 Å². The molecule has 1 N–H and O–H groups in total. The van der Waals surface area contributed by atoms with E-state index in [0.717, 1.165) is 24.7 Å². The van der Waals surface area contributed by atoms with Gasteiger partial charge in [-0.05, 0) is 68.5 Å². The van der Waals surface area contributed by atoms with E-state index in [2.05, 4.69) is 40.4 Å². The number of rotatable bonds is 6. The molecular weight excluding hydrogens is 304 g/mol. The lowest BCUT2D eigenvalue weighted by atomic mass is 9.57. The molecule has 0 aromatic carbocycles. The average Bonchev–Trinajstić information content (AvgIpc) is 2.69. The third-order valence-electron chi connectivity index (χ3n) is 6.73. The highest BCUT2D eigenvalue weighted by atomic mass is 28.4. The molecule has 2 aliphatic rings. The lowest BCUT2D eigenvalue weighted by molar-refractivity contribution is -0.140. The fourth-order valence-corrected chi connectivity index (χ4v) is 7.42. The Bertz CT molecular complexity index is 444. The van der Waals surface area contributed by atoms with E-state index in [0.29, 0.717) is 5.92 Å². The molecule has 0 spiro atoms. The first-order chi connectivity index (χ1) is 10.5. The molecule has 0 bridgehead atoms. The zero-order valence-electron chi connectivity index (χ0n) is 15.9. The smallest absolute Gasteiger partial charge is 0.303 e. The second kappa shape index (κ2) is 6.51. The molecule has 0 aromatic heterocycles. The van der Waals surface area contributed by atoms with Crippen molar-refractivity contribution in [2.45, 2.75) is 91.0 Å². The van der Waals surface area contributed by atoms with Gasteiger partial charge in [0, 0.05) is 6.42 Å². The van der Waals surface area contributed by atoms with Crippen molar-refractivity contribution in [3.63, 3.8) is 0 Å². The quantitative estimate of drug-likeness (QED) is 0.666. The van der Waals surface area contributed by atoms with E-state index in [1.165, 1.54) is 25.7 Å². The van der Waals surface area contributed by atoms with Crippen molar-refractivity contribution in [3.8, 4) is 0 Å². The van der Waals surface area contributed by atoms with Crippen molar-refractivity contribution >= 4 is 14.3 Å². The molecule has 4 heteroatoms. The molecule has 0 saturated heterocycles. The molecule has 2 unspecified atom stereocenters. The Kier molecular flexibility index (Phi) is 5.37. The predicted octanol–water partition coefficient (Wildman–Crippen LogP) is 5.31. The zero-order valence-corrected chi connectivity index (χ0v) is 16.9. The first-order valence-corrected chi connectivity index (χ1v) is 12.8. The summed E-state index contributed by atoms with van der Waals surface area (Å²) in [5.74, 6) is 1.13. The van der Waals surface area contributed by atoms with E-state index >= 15 is 0 Å². The Morgan fingerprint density at radius 1 is 1.30 bits per heavy atom. The van der Waals surface area contributed by atoms with Gasteiger partial charge in [-0.25, -0.2) is 0 Å². The maximum absolute atomic E-state index is 11.1. The number of carbonyl (C=O) groups is 1. The summed E-state index contributed by atoms with van der Waals surface area (Å²) >= 11 is 0. The van der Waals surface area contributed by atoms with Crippen LogP contribution in [0.4, 0.5) is 0 Å². The number of fused-ring (bicyclic) bond motifs is 1. The molecule has 134 valence electrons. The fourth-order valence-electron chi connectivity index (χ4n) is 5.79. The van der Waals surface area contributed by atoms with Crippen LogP contribution in [-0.4, -0.2) is 25.0 Å². The lowest BCUT2D eigenvalue weighted by Crippen LogP contribution is -2.57. The van der Waals surface area contributed by atoms with Crippen molar-refractivity contribution < 1.29 is 14.3 Å². The highest BCUT2D eigenvalue weighted by Gasteiger charge is 2.62. The fraction of sp³-hybridized carbons (Fsp3) is 0.947. The molecule has 2 saturated carbocycles. The van der Waals surface area contributed by atoms with Gasteiger partial charge < -0.3 is 9.53 Å². The summed E-state index contributed by atoms with van der Waals surface area (Å²) in [7, 11) is -1.71. The third-order valence-corrected chi connectivity index (χ3v) is 7.71. The van der Waals surface area contributed by atoms with Gasteiger partial charge >= 0.3 is 5.97 Å². The van der Waals surface area contributed by atoms with Crippen LogP contribution in [0.2, 0.25) is 19.6 Å². The van der Waals surface area contributed by atoms with Crippen LogP contribution in [0.1, 0.15) is 65.7 Å². The van der Waals surface area contributed by atoms with E-state index in [1.807, 2.05) is 0 Å². The van der Waals surface area contributed by atoms with Crippen LogP contribution < -0.4 is 0 Å². The number of carboxylic acids is 1. The van der Waals surface area contributed by atoms with Gasteiger partial charge in [-0.15, -0.1) is 0 Å². The molecule has 3 nitrogen and oxygen atoms in total. The summed E-state index contributed by atoms with van der Waals surface area (Å²) in [6.07, 6.45) is 7.22. The maximum Gasteiger partial charge on any atom is 0.303 e. The Morgan fingerprint density at radius 3 is 2.52 bits per heavy atom. The first kappa shape index (κ1) is 19.0. The molecule has 0 aliphatic heterocycles. The topological polar surface area (TPSA) is 46.5 Å². The highest BCUT2D eigenvalue weighted by Crippen LogP contribution is 2.64. The van der Waals surface area contributed by atoms with Crippen LogP contribution in [0.25, 0.3) is 0 Å². The molecule has 2 fully saturated rings. The maximum atomic E-state index is 11.1. The Labute approximate surface area is 143 Å². The summed E-state index contributed by atoms with van der Waals surface area (Å²) in [5, 5.41) is 9.13. The van der Waals surface area contributed by atoms with Gasteiger partial charge in [-0.3, -0.25) is 4.79 Å². The van der Waals surface area contributed by atoms with Gasteiger partial charge in [0.2, 0.25) is 0 Å². The summed E-state index contributed by atoms with van der Waals surface area (Å²) < 4.78 is 6.95. The minimum Gasteiger partial charge on any atom is -0.481 e. The van der Waals surface area contributed by atoms with Gasteiger partial charge in [-0.2, -0.15) is 0 Å². The predicted molar refractivity (Wildman–Crippen MR) is 97.0 cm³/mol. The summed E-state index contributed by atoms with van der Waals surface area (Å²) in [4.78, 5) is 11.1. The van der Waals surface area contributed by atoms with Gasteiger partial charge in [0.1, 0.15) is 0 Å². The number of hydrogen-bond acceptors (Lipinski definition) is 2. The third kappa shape index (κ3) is 3.53. The van der Waals surface area contributed by atoms with Gasteiger partial charge in [-0.1, -0.05) is 33.6 Å². The second-order valence-corrected chi connectivity index (χ2v) is 13.8. The molecule has 0 radical (unpaired) electrons. The van der Waals surface area contributed by atoms with Crippen LogP contribution in [0.3, 0.4) is 0 Å². The normalized spacial score (nSPS) is 39.0. The van der Waals surface area contributed by atoms with Crippen molar-refractivity contribution in [2.24, 2.45) is 23.2 Å². The van der Waals surface area contributed by atoms with Crippen LogP contribution in [0.15, 0.2) is 0 Å². The number of hydrogen-bond donors (Lipinski definition) is 1. The van der Waals surface area contributed by atoms with Gasteiger partial charge in [0.25, 0.3) is 0 Å². The van der Waals surface area contributed by atoms with Crippen LogP contribution in [0.5, 0.6) is 0 Å². The molecule has 0 aromatic rings. The number of carboxylic acid groups (broad SMARTS) is 1. The van der Waals surface area contributed by atoms with E-state index in [9.17, 15) is 4.79 Å². The molecular formula is C19H36O3Si. The highest BCUT2D eigenvalue weighted by molar-refractivity contribution is 6.69. The van der Waals surface area contributed by atoms with Crippen molar-refractivity contribution in [3.05, 3.63) is 0 Å². The summed E-state index contributed by atoms with van der Waals surface area (Å²) in [6, 6.07) is 0. The van der Waals surface area contributed by atoms with E-state index < -0.39 is 14.3 Å². The van der Waals surface area contributed by atoms with Crippen LogP contribution in [-0.2, 0) is 9.22 Å². The van der Waals surface area contributed by atoms with E-state index in [-0.39, 0.29) is 17.4 Å². The molecule has 0 heterocycles. The zero-order chi connectivity index (χ0) is 17.5. The van der Waals surface area contributed by atoms with Crippen LogP contribution in [0, 0.1) is 23.2 Å². The SMILES string of the molecule is CC1CCC[C@]2(C)C1CC[C@@]2(O[Si](C)(C)C)[C@H](C)CCC(=O)O. The molecule has 2 aliphatic carbocycles. The Balaban J connectivity index is 2.36. The molecule has 2 rings (SSSR count). The van der Waals surface area contributed by atoms with E-state index in [4.69, 9.17) is 9.53 Å². The largest absolute Gasteiger partial charge is 0.481 e. The molecule has 23 heavy (non-hydrogen) atoms. The summed E-state index contributed by atoms with van der Waals surface area (Å²) in [5.41, 5.74) is 0.0924. The summed E-state index contributed by atoms with van der Waals surface area (Å²) in [6.45, 7) is 14.0. The molecule has 0 amide bonds. The first-order valence-electron chi connectivity index (χ1n) is 9.44. The second-order valence-electron chi connectivity index (χ2n) is 9.37. The Hall–Kier alpha value is -0.353. The van der Waals surface area contributed by atoms with Gasteiger partial charge in [0.15, 0.2) is 8.32 Å². The van der Waals surface area contributed by atoms with Crippen LogP contribution >= 0.6 is 0 Å². The van der Waals surface area contributed by atoms with Crippen molar-refractivity contribution in [1.82, 2.24) is 0 Å². The minimum atomic E-state index is -1.71. The Morgan fingerprint density at radius 2 is 1.96 bits per heavy atom. The molecule has 5 atom stereocenters. The average molecular weight is 341 g/mol. The number of aliphatic carboxylic acids is 1.